The summed E-state index contributed by atoms with van der Waals surface area (Å²) in [5.74, 6) is -0.559. The molecule has 2 aromatic carbocycles. The minimum atomic E-state index is -0.993. The third-order valence-electron chi connectivity index (χ3n) is 4.13. The highest BCUT2D eigenvalue weighted by molar-refractivity contribution is 7.99. The Kier molecular flexibility index (Phi) is 6.59. The summed E-state index contributed by atoms with van der Waals surface area (Å²) >= 11 is 7.45. The largest absolute Gasteiger partial charge is 0.452 e. The second kappa shape index (κ2) is 9.12. The smallest absolute Gasteiger partial charge is 0.316 e. The molecule has 3 rings (SSSR count). The van der Waals surface area contributed by atoms with Gasteiger partial charge in [0.15, 0.2) is 6.10 Å². The van der Waals surface area contributed by atoms with Crippen molar-refractivity contribution in [3.05, 3.63) is 59.1 Å². The van der Waals surface area contributed by atoms with Crippen LogP contribution in [-0.4, -0.2) is 36.2 Å². The summed E-state index contributed by atoms with van der Waals surface area (Å²) < 4.78 is 5.27. The van der Waals surface area contributed by atoms with E-state index in [1.165, 1.54) is 23.6 Å². The lowest BCUT2D eigenvalue weighted by atomic mass is 10.1. The molecule has 1 aliphatic heterocycles. The van der Waals surface area contributed by atoms with Crippen molar-refractivity contribution in [2.24, 2.45) is 0 Å². The lowest BCUT2D eigenvalue weighted by Gasteiger charge is -2.30. The van der Waals surface area contributed by atoms with Crippen molar-refractivity contribution in [3.63, 3.8) is 0 Å². The van der Waals surface area contributed by atoms with Crippen LogP contribution in [0.15, 0.2) is 48.5 Å². The number of hydrogen-bond donors (Lipinski definition) is 1. The minimum Gasteiger partial charge on any atom is -0.452 e. The van der Waals surface area contributed by atoms with Crippen LogP contribution in [0.3, 0.4) is 0 Å². The van der Waals surface area contributed by atoms with Crippen molar-refractivity contribution in [1.29, 1.82) is 0 Å². The van der Waals surface area contributed by atoms with E-state index in [4.69, 9.17) is 16.3 Å². The van der Waals surface area contributed by atoms with Gasteiger partial charge in [-0.3, -0.25) is 19.3 Å². The molecule has 0 aromatic heterocycles. The number of amides is 2. The van der Waals surface area contributed by atoms with E-state index in [1.54, 1.807) is 30.3 Å². The average Bonchev–Trinajstić information content (AvgIpc) is 2.68. The van der Waals surface area contributed by atoms with Crippen LogP contribution in [0.2, 0.25) is 5.02 Å². The SMILES string of the molecule is C[C@H](OC(=O)CSCc1ccccc1Cl)C(=O)N1CC(=O)Nc2ccccc21. The molecule has 0 unspecified atom stereocenters. The number of carbonyl (C=O) groups is 3. The highest BCUT2D eigenvalue weighted by atomic mass is 35.5. The van der Waals surface area contributed by atoms with Gasteiger partial charge in [0.2, 0.25) is 5.91 Å². The van der Waals surface area contributed by atoms with Crippen LogP contribution in [-0.2, 0) is 24.9 Å². The number of para-hydroxylation sites is 2. The molecule has 0 fully saturated rings. The number of halogens is 1. The fourth-order valence-electron chi connectivity index (χ4n) is 2.79. The fourth-order valence-corrected chi connectivity index (χ4v) is 3.88. The van der Waals surface area contributed by atoms with Crippen molar-refractivity contribution in [3.8, 4) is 0 Å². The molecule has 0 radical (unpaired) electrons. The van der Waals surface area contributed by atoms with Crippen molar-refractivity contribution in [2.75, 3.05) is 22.5 Å². The number of thioether (sulfide) groups is 1. The van der Waals surface area contributed by atoms with Crippen LogP contribution in [0.4, 0.5) is 11.4 Å². The second-order valence-electron chi connectivity index (χ2n) is 6.21. The van der Waals surface area contributed by atoms with E-state index in [-0.39, 0.29) is 18.2 Å². The molecule has 0 aliphatic carbocycles. The maximum absolute atomic E-state index is 12.7. The average molecular weight is 419 g/mol. The summed E-state index contributed by atoms with van der Waals surface area (Å²) in [4.78, 5) is 38.0. The number of nitrogens with zero attached hydrogens (tertiary/aromatic N) is 1. The molecule has 0 saturated heterocycles. The third kappa shape index (κ3) is 4.85. The van der Waals surface area contributed by atoms with Crippen LogP contribution in [0.1, 0.15) is 12.5 Å². The second-order valence-corrected chi connectivity index (χ2v) is 7.60. The Hall–Kier alpha value is -2.51. The Labute approximate surface area is 172 Å². The van der Waals surface area contributed by atoms with Gasteiger partial charge in [0, 0.05) is 10.8 Å². The first-order valence-electron chi connectivity index (χ1n) is 8.66. The van der Waals surface area contributed by atoms with Crippen molar-refractivity contribution in [2.45, 2.75) is 18.8 Å². The Morgan fingerprint density at radius 3 is 2.71 bits per heavy atom. The van der Waals surface area contributed by atoms with Gasteiger partial charge in [0.05, 0.1) is 17.1 Å². The zero-order valence-corrected chi connectivity index (χ0v) is 16.8. The summed E-state index contributed by atoms with van der Waals surface area (Å²) in [5.41, 5.74) is 2.08. The summed E-state index contributed by atoms with van der Waals surface area (Å²) in [7, 11) is 0. The quantitative estimate of drug-likeness (QED) is 0.727. The molecule has 0 spiro atoms. The molecule has 1 heterocycles. The summed E-state index contributed by atoms with van der Waals surface area (Å²) in [6.45, 7) is 1.40. The van der Waals surface area contributed by atoms with E-state index in [0.29, 0.717) is 22.2 Å². The number of anilines is 2. The molecule has 2 aromatic rings. The van der Waals surface area contributed by atoms with Gasteiger partial charge in [0.25, 0.3) is 5.91 Å². The molecule has 2 amide bonds. The lowest BCUT2D eigenvalue weighted by molar-refractivity contribution is -0.151. The van der Waals surface area contributed by atoms with E-state index in [2.05, 4.69) is 5.32 Å². The minimum absolute atomic E-state index is 0.0971. The maximum atomic E-state index is 12.7. The van der Waals surface area contributed by atoms with Gasteiger partial charge < -0.3 is 10.1 Å². The molecule has 1 N–H and O–H groups in total. The van der Waals surface area contributed by atoms with E-state index in [1.807, 2.05) is 18.2 Å². The molecule has 1 atom stereocenters. The molecule has 0 bridgehead atoms. The number of benzene rings is 2. The van der Waals surface area contributed by atoms with E-state index in [9.17, 15) is 14.4 Å². The predicted octanol–water partition coefficient (Wildman–Crippen LogP) is 3.49. The molecular formula is C20H19ClN2O4S. The van der Waals surface area contributed by atoms with Crippen LogP contribution in [0, 0.1) is 0 Å². The number of fused-ring (bicyclic) bond motifs is 1. The first-order valence-corrected chi connectivity index (χ1v) is 10.2. The lowest BCUT2D eigenvalue weighted by Crippen LogP contribution is -2.47. The van der Waals surface area contributed by atoms with Gasteiger partial charge in [-0.1, -0.05) is 41.9 Å². The highest BCUT2D eigenvalue weighted by Crippen LogP contribution is 2.29. The molecule has 8 heteroatoms. The van der Waals surface area contributed by atoms with Gasteiger partial charge in [-0.15, -0.1) is 11.8 Å². The predicted molar refractivity (Wildman–Crippen MR) is 111 cm³/mol. The van der Waals surface area contributed by atoms with Crippen LogP contribution < -0.4 is 10.2 Å². The summed E-state index contributed by atoms with van der Waals surface area (Å²) in [6, 6.07) is 14.4. The number of carbonyl (C=O) groups excluding carboxylic acids is 3. The van der Waals surface area contributed by atoms with Gasteiger partial charge in [0.1, 0.15) is 6.54 Å². The van der Waals surface area contributed by atoms with E-state index in [0.717, 1.165) is 5.56 Å². The fraction of sp³-hybridized carbons (Fsp3) is 0.250. The normalized spacial score (nSPS) is 14.1. The zero-order valence-electron chi connectivity index (χ0n) is 15.2. The topological polar surface area (TPSA) is 75.7 Å². The third-order valence-corrected chi connectivity index (χ3v) is 5.45. The number of esters is 1. The standard InChI is InChI=1S/C20H19ClN2O4S/c1-13(27-19(25)12-28-11-14-6-2-3-7-15(14)21)20(26)23-10-18(24)22-16-8-4-5-9-17(16)23/h2-9,13H,10-12H2,1H3,(H,22,24)/t13-/m0/s1. The first kappa shape index (κ1) is 20.2. The Morgan fingerprint density at radius 2 is 1.93 bits per heavy atom. The summed E-state index contributed by atoms with van der Waals surface area (Å²) in [5, 5.41) is 3.36. The molecule has 28 heavy (non-hydrogen) atoms. The van der Waals surface area contributed by atoms with Crippen LogP contribution in [0.25, 0.3) is 0 Å². The summed E-state index contributed by atoms with van der Waals surface area (Å²) in [6.07, 6.45) is -0.993. The Balaban J connectivity index is 1.55. The Bertz CT molecular complexity index is 905. The van der Waals surface area contributed by atoms with Gasteiger partial charge in [-0.25, -0.2) is 0 Å². The maximum Gasteiger partial charge on any atom is 0.316 e. The van der Waals surface area contributed by atoms with Gasteiger partial charge >= 0.3 is 5.97 Å². The number of nitrogens with one attached hydrogen (secondary N) is 1. The number of rotatable bonds is 6. The molecular weight excluding hydrogens is 400 g/mol. The highest BCUT2D eigenvalue weighted by Gasteiger charge is 2.31. The number of ether oxygens (including phenoxy) is 1. The molecule has 146 valence electrons. The van der Waals surface area contributed by atoms with Crippen molar-refractivity contribution < 1.29 is 19.1 Å². The Morgan fingerprint density at radius 1 is 1.21 bits per heavy atom. The van der Waals surface area contributed by atoms with Crippen LogP contribution >= 0.6 is 23.4 Å². The molecule has 0 saturated carbocycles. The monoisotopic (exact) mass is 418 g/mol. The van der Waals surface area contributed by atoms with Gasteiger partial charge in [-0.2, -0.15) is 0 Å². The zero-order chi connectivity index (χ0) is 20.1. The van der Waals surface area contributed by atoms with E-state index >= 15 is 0 Å². The number of hydrogen-bond acceptors (Lipinski definition) is 5. The van der Waals surface area contributed by atoms with Crippen LogP contribution in [0.5, 0.6) is 0 Å². The molecule has 1 aliphatic rings. The first-order chi connectivity index (χ1) is 13.5. The molecule has 6 nitrogen and oxygen atoms in total. The van der Waals surface area contributed by atoms with Gasteiger partial charge in [-0.05, 0) is 30.7 Å². The van der Waals surface area contributed by atoms with E-state index < -0.39 is 18.0 Å². The van der Waals surface area contributed by atoms with Crippen molar-refractivity contribution >= 4 is 52.5 Å². The van der Waals surface area contributed by atoms with Crippen molar-refractivity contribution in [1.82, 2.24) is 0 Å².